The van der Waals surface area contributed by atoms with Crippen molar-refractivity contribution < 1.29 is 9.26 Å². The van der Waals surface area contributed by atoms with Crippen molar-refractivity contribution >= 4 is 0 Å². The Morgan fingerprint density at radius 3 is 2.75 bits per heavy atom. The van der Waals surface area contributed by atoms with E-state index in [-0.39, 0.29) is 5.60 Å². The minimum absolute atomic E-state index is 0.112. The van der Waals surface area contributed by atoms with E-state index >= 15 is 0 Å². The average molecular weight is 281 g/mol. The van der Waals surface area contributed by atoms with Gasteiger partial charge in [0.1, 0.15) is 0 Å². The molecular formula is C15H27N3O2. The van der Waals surface area contributed by atoms with Crippen LogP contribution in [-0.4, -0.2) is 28.9 Å². The number of ether oxygens (including phenoxy) is 1. The minimum Gasteiger partial charge on any atom is -0.379 e. The largest absolute Gasteiger partial charge is 0.379 e. The van der Waals surface area contributed by atoms with E-state index in [4.69, 9.17) is 9.26 Å². The summed E-state index contributed by atoms with van der Waals surface area (Å²) in [5, 5.41) is 7.50. The van der Waals surface area contributed by atoms with Crippen LogP contribution in [0.5, 0.6) is 0 Å². The molecular weight excluding hydrogens is 254 g/mol. The molecule has 1 heterocycles. The van der Waals surface area contributed by atoms with E-state index in [1.54, 1.807) is 7.11 Å². The van der Waals surface area contributed by atoms with Gasteiger partial charge in [0.2, 0.25) is 5.89 Å². The van der Waals surface area contributed by atoms with Crippen LogP contribution in [0.25, 0.3) is 0 Å². The van der Waals surface area contributed by atoms with Crippen molar-refractivity contribution in [2.24, 2.45) is 0 Å². The molecule has 1 aromatic rings. The quantitative estimate of drug-likeness (QED) is 0.832. The van der Waals surface area contributed by atoms with Gasteiger partial charge < -0.3 is 14.6 Å². The second kappa shape index (κ2) is 6.68. The van der Waals surface area contributed by atoms with Crippen LogP contribution in [0.3, 0.4) is 0 Å². The molecule has 0 saturated heterocycles. The molecule has 0 amide bonds. The summed E-state index contributed by atoms with van der Waals surface area (Å²) in [7, 11) is 1.75. The molecule has 20 heavy (non-hydrogen) atoms. The van der Waals surface area contributed by atoms with Crippen LogP contribution in [0.15, 0.2) is 4.52 Å². The van der Waals surface area contributed by atoms with E-state index in [0.717, 1.165) is 18.1 Å². The highest BCUT2D eigenvalue weighted by molar-refractivity contribution is 4.96. The summed E-state index contributed by atoms with van der Waals surface area (Å²) in [4.78, 5) is 4.51. The molecule has 0 aliphatic heterocycles. The summed E-state index contributed by atoms with van der Waals surface area (Å²) in [6.45, 7) is 6.99. The van der Waals surface area contributed by atoms with E-state index in [1.165, 1.54) is 25.7 Å². The fourth-order valence-electron chi connectivity index (χ4n) is 2.84. The van der Waals surface area contributed by atoms with Gasteiger partial charge in [-0.25, -0.2) is 0 Å². The molecule has 0 unspecified atom stereocenters. The monoisotopic (exact) mass is 281 g/mol. The van der Waals surface area contributed by atoms with Crippen molar-refractivity contribution in [3.63, 3.8) is 0 Å². The third-order valence-corrected chi connectivity index (χ3v) is 4.15. The highest BCUT2D eigenvalue weighted by Crippen LogP contribution is 2.32. The normalized spacial score (nSPS) is 18.6. The Bertz CT molecular complexity index is 411. The molecule has 0 bridgehead atoms. The summed E-state index contributed by atoms with van der Waals surface area (Å²) in [6.07, 6.45) is 5.88. The van der Waals surface area contributed by atoms with Crippen molar-refractivity contribution in [2.45, 2.75) is 77.0 Å². The Morgan fingerprint density at radius 1 is 1.40 bits per heavy atom. The molecule has 1 fully saturated rings. The first-order valence-electron chi connectivity index (χ1n) is 7.61. The first kappa shape index (κ1) is 15.4. The van der Waals surface area contributed by atoms with E-state index in [0.29, 0.717) is 18.5 Å². The number of hydrogen-bond acceptors (Lipinski definition) is 5. The van der Waals surface area contributed by atoms with Gasteiger partial charge in [0.15, 0.2) is 5.82 Å². The van der Waals surface area contributed by atoms with Crippen LogP contribution in [0.4, 0.5) is 0 Å². The van der Waals surface area contributed by atoms with Gasteiger partial charge in [-0.2, -0.15) is 4.98 Å². The maximum atomic E-state index is 5.44. The molecule has 1 atom stereocenters. The molecule has 1 N–H and O–H groups in total. The highest BCUT2D eigenvalue weighted by Gasteiger charge is 2.23. The Balaban J connectivity index is 1.79. The van der Waals surface area contributed by atoms with Crippen molar-refractivity contribution in [3.8, 4) is 0 Å². The summed E-state index contributed by atoms with van der Waals surface area (Å²) < 4.78 is 10.8. The van der Waals surface area contributed by atoms with Crippen LogP contribution >= 0.6 is 0 Å². The lowest BCUT2D eigenvalue weighted by molar-refractivity contribution is 0.00838. The fourth-order valence-corrected chi connectivity index (χ4v) is 2.84. The Labute approximate surface area is 121 Å². The summed E-state index contributed by atoms with van der Waals surface area (Å²) in [6, 6.07) is 0.346. The fraction of sp³-hybridized carbons (Fsp3) is 0.867. The number of aromatic nitrogens is 2. The second-order valence-corrected chi connectivity index (χ2v) is 6.48. The summed E-state index contributed by atoms with van der Waals surface area (Å²) in [5.41, 5.74) is -0.112. The Hall–Kier alpha value is -0.940. The van der Waals surface area contributed by atoms with Gasteiger partial charge >= 0.3 is 0 Å². The lowest BCUT2D eigenvalue weighted by Gasteiger charge is -2.26. The van der Waals surface area contributed by atoms with Gasteiger partial charge in [-0.05, 0) is 40.0 Å². The summed E-state index contributed by atoms with van der Waals surface area (Å²) in [5.74, 6) is 2.07. The first-order valence-corrected chi connectivity index (χ1v) is 7.61. The van der Waals surface area contributed by atoms with Crippen LogP contribution in [-0.2, 0) is 11.3 Å². The predicted molar refractivity (Wildman–Crippen MR) is 77.5 cm³/mol. The zero-order valence-corrected chi connectivity index (χ0v) is 13.1. The molecule has 0 spiro atoms. The number of methoxy groups -OCH3 is 1. The predicted octanol–water partition coefficient (Wildman–Crippen LogP) is 3.02. The molecule has 2 rings (SSSR count). The van der Waals surface area contributed by atoms with Gasteiger partial charge in [0, 0.05) is 19.1 Å². The number of rotatable bonds is 7. The number of hydrogen-bond donors (Lipinski definition) is 1. The Kier molecular flexibility index (Phi) is 5.16. The number of nitrogens with zero attached hydrogens (tertiary/aromatic N) is 2. The van der Waals surface area contributed by atoms with Crippen LogP contribution in [0.1, 0.15) is 70.5 Å². The maximum Gasteiger partial charge on any atom is 0.229 e. The molecule has 1 saturated carbocycles. The standard InChI is InChI=1S/C15H27N3O2/c1-11(9-15(2,3)19-4)16-10-13-17-14(20-18-13)12-7-5-6-8-12/h11-12,16H,5-10H2,1-4H3/t11-/m1/s1. The zero-order chi connectivity index (χ0) is 14.6. The lowest BCUT2D eigenvalue weighted by Crippen LogP contribution is -2.35. The molecule has 5 nitrogen and oxygen atoms in total. The van der Waals surface area contributed by atoms with Gasteiger partial charge in [0.05, 0.1) is 12.1 Å². The molecule has 114 valence electrons. The van der Waals surface area contributed by atoms with Crippen molar-refractivity contribution in [1.29, 1.82) is 0 Å². The third kappa shape index (κ3) is 4.28. The topological polar surface area (TPSA) is 60.2 Å². The van der Waals surface area contributed by atoms with Gasteiger partial charge in [-0.15, -0.1) is 0 Å². The van der Waals surface area contributed by atoms with E-state index in [1.807, 2.05) is 0 Å². The highest BCUT2D eigenvalue weighted by atomic mass is 16.5. The van der Waals surface area contributed by atoms with Gasteiger partial charge in [-0.1, -0.05) is 18.0 Å². The SMILES string of the molecule is COC(C)(C)C[C@@H](C)NCc1noc(C2CCCC2)n1. The zero-order valence-electron chi connectivity index (χ0n) is 13.1. The first-order chi connectivity index (χ1) is 9.50. The average Bonchev–Trinajstić information content (AvgIpc) is 3.06. The van der Waals surface area contributed by atoms with E-state index in [2.05, 4.69) is 36.2 Å². The van der Waals surface area contributed by atoms with Crippen LogP contribution in [0.2, 0.25) is 0 Å². The molecule has 1 aromatic heterocycles. The smallest absolute Gasteiger partial charge is 0.229 e. The maximum absolute atomic E-state index is 5.44. The van der Waals surface area contributed by atoms with Crippen LogP contribution in [0, 0.1) is 0 Å². The van der Waals surface area contributed by atoms with Gasteiger partial charge in [0.25, 0.3) is 0 Å². The lowest BCUT2D eigenvalue weighted by atomic mass is 10.00. The molecule has 5 heteroatoms. The summed E-state index contributed by atoms with van der Waals surface area (Å²) >= 11 is 0. The van der Waals surface area contributed by atoms with Gasteiger partial charge in [-0.3, -0.25) is 0 Å². The Morgan fingerprint density at radius 2 is 2.10 bits per heavy atom. The minimum atomic E-state index is -0.112. The second-order valence-electron chi connectivity index (χ2n) is 6.48. The van der Waals surface area contributed by atoms with Crippen molar-refractivity contribution in [3.05, 3.63) is 11.7 Å². The number of nitrogens with one attached hydrogen (secondary N) is 1. The van der Waals surface area contributed by atoms with E-state index < -0.39 is 0 Å². The van der Waals surface area contributed by atoms with Crippen LogP contribution < -0.4 is 5.32 Å². The molecule has 0 radical (unpaired) electrons. The van der Waals surface area contributed by atoms with Crippen molar-refractivity contribution in [2.75, 3.05) is 7.11 Å². The van der Waals surface area contributed by atoms with E-state index in [9.17, 15) is 0 Å². The molecule has 1 aliphatic carbocycles. The molecule has 0 aromatic carbocycles. The van der Waals surface area contributed by atoms with Crippen molar-refractivity contribution in [1.82, 2.24) is 15.5 Å². The third-order valence-electron chi connectivity index (χ3n) is 4.15. The molecule has 1 aliphatic rings.